The number of hydrogen-bond acceptors (Lipinski definition) is 2. The van der Waals surface area contributed by atoms with E-state index in [1.54, 1.807) is 0 Å². The van der Waals surface area contributed by atoms with E-state index >= 15 is 0 Å². The molecule has 1 atom stereocenters. The summed E-state index contributed by atoms with van der Waals surface area (Å²) in [5, 5.41) is 0. The summed E-state index contributed by atoms with van der Waals surface area (Å²) in [4.78, 5) is 4.80. The molecule has 0 amide bonds. The van der Waals surface area contributed by atoms with Crippen LogP contribution < -0.4 is 4.57 Å². The molecule has 1 aliphatic rings. The smallest absolute Gasteiger partial charge is 0.433 e. The largest absolute Gasteiger partial charge is 0.437 e. The minimum absolute atomic E-state index is 0.111. The van der Waals surface area contributed by atoms with Crippen LogP contribution in [0.5, 0.6) is 0 Å². The maximum absolute atomic E-state index is 5.88. The normalized spacial score (nSPS) is 17.7. The van der Waals surface area contributed by atoms with Crippen molar-refractivity contribution in [2.24, 2.45) is 10.4 Å². The first kappa shape index (κ1) is 18.7. The fourth-order valence-corrected chi connectivity index (χ4v) is 3.36. The van der Waals surface area contributed by atoms with Crippen molar-refractivity contribution >= 4 is 6.02 Å². The molecule has 0 unspecified atom stereocenters. The Balaban J connectivity index is 2.02. The van der Waals surface area contributed by atoms with Crippen LogP contribution in [0.15, 0.2) is 41.9 Å². The maximum atomic E-state index is 5.88. The van der Waals surface area contributed by atoms with Crippen LogP contribution in [0.2, 0.25) is 0 Å². The van der Waals surface area contributed by atoms with Gasteiger partial charge in [0.25, 0.3) is 0 Å². The summed E-state index contributed by atoms with van der Waals surface area (Å²) in [6.45, 7) is 16.3. The Morgan fingerprint density at radius 2 is 1.73 bits per heavy atom. The predicted octanol–water partition coefficient (Wildman–Crippen LogP) is 4.66. The van der Waals surface area contributed by atoms with Gasteiger partial charge < -0.3 is 4.74 Å². The number of imidazole rings is 1. The molecule has 3 rings (SSSR count). The zero-order valence-corrected chi connectivity index (χ0v) is 17.2. The minimum Gasteiger partial charge on any atom is -0.437 e. The number of aliphatic imine (C=N–C) groups is 1. The lowest BCUT2D eigenvalue weighted by molar-refractivity contribution is -0.569. The lowest BCUT2D eigenvalue weighted by atomic mass is 9.88. The van der Waals surface area contributed by atoms with Crippen molar-refractivity contribution in [3.63, 3.8) is 0 Å². The van der Waals surface area contributed by atoms with Crippen molar-refractivity contribution in [3.8, 4) is 5.69 Å². The first-order valence-corrected chi connectivity index (χ1v) is 9.62. The average molecular weight is 355 g/mol. The SMILES string of the molecule is CC(C)c1cccc(C(C)C)c1-n1cc[n+](C2=N[C@@H](C(C)(C)C)CO2)c1. The number of benzene rings is 1. The number of aromatic nitrogens is 2. The highest BCUT2D eigenvalue weighted by Crippen LogP contribution is 2.31. The van der Waals surface area contributed by atoms with Gasteiger partial charge in [0.2, 0.25) is 6.33 Å². The van der Waals surface area contributed by atoms with Gasteiger partial charge in [0.1, 0.15) is 18.5 Å². The second-order valence-corrected chi connectivity index (χ2v) is 8.93. The second kappa shape index (κ2) is 6.90. The fraction of sp³-hybridized carbons (Fsp3) is 0.545. The van der Waals surface area contributed by atoms with E-state index in [0.717, 1.165) is 0 Å². The van der Waals surface area contributed by atoms with Gasteiger partial charge in [-0.1, -0.05) is 66.7 Å². The van der Waals surface area contributed by atoms with Crippen LogP contribution in [-0.4, -0.2) is 23.2 Å². The number of rotatable bonds is 3. The molecule has 0 saturated carbocycles. The van der Waals surface area contributed by atoms with Crippen LogP contribution in [-0.2, 0) is 4.74 Å². The molecule has 0 spiro atoms. The number of hydrogen-bond donors (Lipinski definition) is 0. The lowest BCUT2D eigenvalue weighted by Gasteiger charge is -2.18. The van der Waals surface area contributed by atoms with Crippen LogP contribution in [0.1, 0.15) is 71.4 Å². The highest BCUT2D eigenvalue weighted by atomic mass is 16.5. The first-order valence-electron chi connectivity index (χ1n) is 9.62. The van der Waals surface area contributed by atoms with Crippen molar-refractivity contribution in [2.45, 2.75) is 66.3 Å². The third-order valence-electron chi connectivity index (χ3n) is 5.09. The van der Waals surface area contributed by atoms with Gasteiger partial charge in [0.15, 0.2) is 6.04 Å². The van der Waals surface area contributed by atoms with Crippen molar-refractivity contribution in [1.29, 1.82) is 0 Å². The Bertz CT molecular complexity index is 783. The molecule has 4 nitrogen and oxygen atoms in total. The molecule has 0 N–H and O–H groups in total. The molecule has 2 heterocycles. The maximum Gasteiger partial charge on any atom is 0.433 e. The van der Waals surface area contributed by atoms with Gasteiger partial charge in [-0.2, -0.15) is 4.57 Å². The van der Waals surface area contributed by atoms with E-state index in [0.29, 0.717) is 24.5 Å². The van der Waals surface area contributed by atoms with E-state index < -0.39 is 0 Å². The quantitative estimate of drug-likeness (QED) is 0.737. The fourth-order valence-electron chi connectivity index (χ4n) is 3.36. The Labute approximate surface area is 157 Å². The highest BCUT2D eigenvalue weighted by molar-refractivity contribution is 5.66. The topological polar surface area (TPSA) is 30.4 Å². The van der Waals surface area contributed by atoms with Gasteiger partial charge in [0.05, 0.1) is 6.20 Å². The molecule has 1 aliphatic heterocycles. The highest BCUT2D eigenvalue weighted by Gasteiger charge is 2.36. The van der Waals surface area contributed by atoms with Crippen molar-refractivity contribution in [2.75, 3.05) is 6.61 Å². The van der Waals surface area contributed by atoms with Gasteiger partial charge in [-0.05, 0) is 23.0 Å². The van der Waals surface area contributed by atoms with Crippen LogP contribution >= 0.6 is 0 Å². The summed E-state index contributed by atoms with van der Waals surface area (Å²) in [7, 11) is 0. The van der Waals surface area contributed by atoms with E-state index in [1.165, 1.54) is 16.8 Å². The van der Waals surface area contributed by atoms with Crippen LogP contribution in [0, 0.1) is 5.41 Å². The standard InChI is InChI=1S/C22H32N3O/c1-15(2)17-9-8-10-18(16(3)4)20(17)24-11-12-25(14-24)21-23-19(13-26-21)22(5,6)7/h8-12,14-16,19H,13H2,1-7H3/q+1/t19-/m1/s1. The molecule has 1 aromatic carbocycles. The molecule has 0 fully saturated rings. The molecular formula is C22H32N3O+. The first-order chi connectivity index (χ1) is 12.2. The summed E-state index contributed by atoms with van der Waals surface area (Å²) in [5.74, 6) is 0.926. The molecule has 26 heavy (non-hydrogen) atoms. The Morgan fingerprint density at radius 3 is 2.23 bits per heavy atom. The van der Waals surface area contributed by atoms with Crippen LogP contribution in [0.4, 0.5) is 0 Å². The van der Waals surface area contributed by atoms with Gasteiger partial charge in [-0.25, -0.2) is 4.57 Å². The molecule has 4 heteroatoms. The second-order valence-electron chi connectivity index (χ2n) is 8.93. The van der Waals surface area contributed by atoms with Crippen LogP contribution in [0.25, 0.3) is 5.69 Å². The van der Waals surface area contributed by atoms with Gasteiger partial charge in [0, 0.05) is 5.41 Å². The summed E-state index contributed by atoms with van der Waals surface area (Å²) in [6.07, 6.45) is 6.21. The van der Waals surface area contributed by atoms with E-state index in [1.807, 2.05) is 10.8 Å². The molecular weight excluding hydrogens is 322 g/mol. The zero-order chi connectivity index (χ0) is 19.1. The van der Waals surface area contributed by atoms with E-state index in [2.05, 4.69) is 83.8 Å². The third-order valence-corrected chi connectivity index (χ3v) is 5.09. The predicted molar refractivity (Wildman–Crippen MR) is 106 cm³/mol. The third kappa shape index (κ3) is 3.55. The van der Waals surface area contributed by atoms with Crippen molar-refractivity contribution < 1.29 is 9.30 Å². The van der Waals surface area contributed by atoms with E-state index in [-0.39, 0.29) is 11.5 Å². The van der Waals surface area contributed by atoms with Crippen LogP contribution in [0.3, 0.4) is 0 Å². The Morgan fingerprint density at radius 1 is 1.12 bits per heavy atom. The summed E-state index contributed by atoms with van der Waals surface area (Å²) < 4.78 is 10.1. The minimum atomic E-state index is 0.111. The number of para-hydroxylation sites is 1. The van der Waals surface area contributed by atoms with Gasteiger partial charge in [-0.3, -0.25) is 0 Å². The monoisotopic (exact) mass is 354 g/mol. The van der Waals surface area contributed by atoms with Crippen molar-refractivity contribution in [1.82, 2.24) is 4.57 Å². The Hall–Kier alpha value is -2.10. The molecule has 2 aromatic rings. The van der Waals surface area contributed by atoms with Crippen molar-refractivity contribution in [3.05, 3.63) is 48.0 Å². The van der Waals surface area contributed by atoms with E-state index in [9.17, 15) is 0 Å². The lowest BCUT2D eigenvalue weighted by Crippen LogP contribution is -2.41. The molecule has 0 saturated heterocycles. The van der Waals surface area contributed by atoms with Gasteiger partial charge >= 0.3 is 6.02 Å². The molecule has 0 radical (unpaired) electrons. The van der Waals surface area contributed by atoms with E-state index in [4.69, 9.17) is 9.73 Å². The number of ether oxygens (including phenoxy) is 1. The Kier molecular flexibility index (Phi) is 4.96. The summed E-state index contributed by atoms with van der Waals surface area (Å²) in [5.41, 5.74) is 4.11. The van der Waals surface area contributed by atoms with Gasteiger partial charge in [-0.15, -0.1) is 4.99 Å². The summed E-state index contributed by atoms with van der Waals surface area (Å²) in [6, 6.07) is 7.52. The molecule has 0 aliphatic carbocycles. The molecule has 1 aromatic heterocycles. The molecule has 0 bridgehead atoms. The zero-order valence-electron chi connectivity index (χ0n) is 17.2. The molecule has 140 valence electrons. The average Bonchev–Trinajstić information content (AvgIpc) is 3.22. The number of nitrogens with zero attached hydrogens (tertiary/aromatic N) is 3. The summed E-state index contributed by atoms with van der Waals surface area (Å²) >= 11 is 0.